The summed E-state index contributed by atoms with van der Waals surface area (Å²) in [6.45, 7) is 5.91. The quantitative estimate of drug-likeness (QED) is 0.735. The Kier molecular flexibility index (Phi) is 6.19. The van der Waals surface area contributed by atoms with Crippen molar-refractivity contribution in [3.63, 3.8) is 0 Å². The van der Waals surface area contributed by atoms with E-state index in [1.807, 2.05) is 26.7 Å². The summed E-state index contributed by atoms with van der Waals surface area (Å²) in [7, 11) is 0. The Hall–Kier alpha value is -2.49. The molecule has 1 aliphatic rings. The molecular weight excluding hydrogens is 361 g/mol. The van der Waals surface area contributed by atoms with Gasteiger partial charge in [0, 0.05) is 19.4 Å². The molecule has 0 spiro atoms. The van der Waals surface area contributed by atoms with E-state index in [1.165, 1.54) is 17.2 Å². The predicted molar refractivity (Wildman–Crippen MR) is 91.2 cm³/mol. The molecule has 0 aliphatic carbocycles. The molecule has 1 aliphatic heterocycles. The van der Waals surface area contributed by atoms with E-state index in [9.17, 15) is 18.0 Å². The first-order chi connectivity index (χ1) is 12.5. The number of piperidine rings is 1. The van der Waals surface area contributed by atoms with Crippen LogP contribution in [-0.4, -0.2) is 29.3 Å². The first-order valence-corrected chi connectivity index (χ1v) is 8.48. The lowest BCUT2D eigenvalue weighted by atomic mass is 10.0. The van der Waals surface area contributed by atoms with Gasteiger partial charge in [-0.25, -0.2) is 9.86 Å². The topological polar surface area (TPSA) is 62.6 Å². The number of alkyl halides is 3. The van der Waals surface area contributed by atoms with Crippen molar-refractivity contribution in [1.82, 2.24) is 5.06 Å². The monoisotopic (exact) mass is 382 g/mol. The third-order valence-corrected chi connectivity index (χ3v) is 3.84. The van der Waals surface area contributed by atoms with E-state index in [0.717, 1.165) is 6.07 Å². The molecule has 1 atom stereocenters. The number of halogens is 3. The third-order valence-electron chi connectivity index (χ3n) is 3.84. The highest BCUT2D eigenvalue weighted by atomic mass is 19.4. The first-order valence-electron chi connectivity index (χ1n) is 8.48. The van der Waals surface area contributed by atoms with E-state index in [2.05, 4.69) is 0 Å². The summed E-state index contributed by atoms with van der Waals surface area (Å²) in [5.41, 5.74) is -1.22. The lowest BCUT2D eigenvalue weighted by Gasteiger charge is -2.36. The van der Waals surface area contributed by atoms with Crippen molar-refractivity contribution in [2.24, 2.45) is 0 Å². The average molecular weight is 382 g/mol. The Morgan fingerprint density at radius 3 is 2.56 bits per heavy atom. The van der Waals surface area contributed by atoms with Gasteiger partial charge < -0.3 is 4.74 Å². The maximum absolute atomic E-state index is 13.2. The second-order valence-corrected chi connectivity index (χ2v) is 7.24. The number of ether oxygens (including phenoxy) is 1. The van der Waals surface area contributed by atoms with Gasteiger partial charge in [0.1, 0.15) is 23.5 Å². The van der Waals surface area contributed by atoms with Gasteiger partial charge in [-0.3, -0.25) is 4.84 Å². The summed E-state index contributed by atoms with van der Waals surface area (Å²) in [6, 6.07) is 5.28. The van der Waals surface area contributed by atoms with Crippen LogP contribution >= 0.6 is 0 Å². The molecule has 146 valence electrons. The molecule has 0 amide bonds. The Morgan fingerprint density at radius 1 is 1.30 bits per heavy atom. The lowest BCUT2D eigenvalue weighted by molar-refractivity contribution is -0.217. The van der Waals surface area contributed by atoms with Gasteiger partial charge in [0.25, 0.3) is 0 Å². The highest BCUT2D eigenvalue weighted by Crippen LogP contribution is 2.35. The molecule has 1 saturated heterocycles. The van der Waals surface area contributed by atoms with Gasteiger partial charge in [-0.15, -0.1) is 0 Å². The number of hydrogen-bond donors (Lipinski definition) is 0. The number of carbonyl (C=O) groups excluding carboxylic acids is 1. The van der Waals surface area contributed by atoms with Crippen LogP contribution < -0.4 is 4.74 Å². The number of nitrogens with zero attached hydrogens (tertiary/aromatic N) is 2. The van der Waals surface area contributed by atoms with Crippen molar-refractivity contribution >= 4 is 5.94 Å². The van der Waals surface area contributed by atoms with Crippen LogP contribution in [0.2, 0.25) is 0 Å². The van der Waals surface area contributed by atoms with Gasteiger partial charge in [0.15, 0.2) is 0 Å². The van der Waals surface area contributed by atoms with Gasteiger partial charge in [-0.2, -0.15) is 18.4 Å². The predicted octanol–water partition coefficient (Wildman–Crippen LogP) is 4.06. The van der Waals surface area contributed by atoms with E-state index in [-0.39, 0.29) is 29.9 Å². The lowest BCUT2D eigenvalue weighted by Crippen LogP contribution is -2.41. The minimum Gasteiger partial charge on any atom is -0.490 e. The minimum absolute atomic E-state index is 0.0458. The van der Waals surface area contributed by atoms with E-state index < -0.39 is 23.4 Å². The Balaban J connectivity index is 2.14. The molecule has 1 heterocycles. The fourth-order valence-corrected chi connectivity index (χ4v) is 2.76. The zero-order valence-corrected chi connectivity index (χ0v) is 15.4. The summed E-state index contributed by atoms with van der Waals surface area (Å²) in [5, 5.41) is 10.2. The molecule has 0 saturated carbocycles. The van der Waals surface area contributed by atoms with E-state index in [4.69, 9.17) is 14.8 Å². The molecule has 0 radical (unpaired) electrons. The van der Waals surface area contributed by atoms with Crippen molar-refractivity contribution in [3.05, 3.63) is 35.0 Å². The molecule has 1 aromatic rings. The second kappa shape index (κ2) is 8.03. The smallest absolute Gasteiger partial charge is 0.416 e. The summed E-state index contributed by atoms with van der Waals surface area (Å²) >= 11 is 0. The summed E-state index contributed by atoms with van der Waals surface area (Å²) in [6.07, 6.45) is -4.73. The largest absolute Gasteiger partial charge is 0.490 e. The zero-order chi connectivity index (χ0) is 20.2. The fraction of sp³-hybridized carbons (Fsp3) is 0.526. The Morgan fingerprint density at radius 2 is 2.00 bits per heavy atom. The summed E-state index contributed by atoms with van der Waals surface area (Å²) in [4.78, 5) is 16.9. The molecule has 1 aromatic carbocycles. The van der Waals surface area contributed by atoms with Crippen LogP contribution in [0.5, 0.6) is 5.75 Å². The van der Waals surface area contributed by atoms with Crippen LogP contribution in [0.4, 0.5) is 13.2 Å². The van der Waals surface area contributed by atoms with Gasteiger partial charge in [-0.05, 0) is 38.5 Å². The van der Waals surface area contributed by atoms with Crippen LogP contribution in [-0.2, 0) is 22.2 Å². The van der Waals surface area contributed by atoms with Crippen LogP contribution in [0.3, 0.4) is 0 Å². The van der Waals surface area contributed by atoms with Gasteiger partial charge >= 0.3 is 6.18 Å². The molecule has 0 aromatic heterocycles. The Bertz CT molecular complexity index is 772. The van der Waals surface area contributed by atoms with Crippen molar-refractivity contribution in [1.29, 1.82) is 5.26 Å². The molecule has 27 heavy (non-hydrogen) atoms. The average Bonchev–Trinajstić information content (AvgIpc) is 2.55. The van der Waals surface area contributed by atoms with Crippen molar-refractivity contribution in [3.8, 4) is 11.8 Å². The zero-order valence-electron chi connectivity index (χ0n) is 15.4. The number of rotatable bonds is 4. The highest BCUT2D eigenvalue weighted by Gasteiger charge is 2.34. The summed E-state index contributed by atoms with van der Waals surface area (Å²) in [5.74, 6) is 1.87. The highest BCUT2D eigenvalue weighted by molar-refractivity contribution is 5.51. The van der Waals surface area contributed by atoms with Gasteiger partial charge in [0.05, 0.1) is 23.7 Å². The molecule has 8 heteroatoms. The standard InChI is InChI=1S/C19H21F3N2O3/c1-18(2,3)27-24-9-7-16(10-14(24)12-25)26-15-5-4-13(6-8-23)17(11-15)19(20,21)22/h4-5,11,16H,6-7,9-10H2,1-3H3. The van der Waals surface area contributed by atoms with E-state index in [0.29, 0.717) is 13.0 Å². The van der Waals surface area contributed by atoms with Crippen molar-refractivity contribution in [2.75, 3.05) is 6.54 Å². The SMILES string of the molecule is CC(C)(C)ON1CCC(Oc2ccc(CC#N)c(C(F)(F)F)c2)CC1=C=O. The number of benzene rings is 1. The normalized spacial score (nSPS) is 18.0. The Labute approximate surface area is 155 Å². The molecular formula is C19H21F3N2O3. The number of nitriles is 1. The molecule has 0 bridgehead atoms. The van der Waals surface area contributed by atoms with E-state index in [1.54, 1.807) is 6.07 Å². The fourth-order valence-electron chi connectivity index (χ4n) is 2.76. The van der Waals surface area contributed by atoms with Crippen molar-refractivity contribution < 1.29 is 27.5 Å². The molecule has 1 unspecified atom stereocenters. The van der Waals surface area contributed by atoms with Crippen LogP contribution in [0.25, 0.3) is 0 Å². The van der Waals surface area contributed by atoms with E-state index >= 15 is 0 Å². The first kappa shape index (κ1) is 20.8. The molecule has 0 N–H and O–H groups in total. The maximum Gasteiger partial charge on any atom is 0.416 e. The number of hydroxylamine groups is 2. The molecule has 5 nitrogen and oxygen atoms in total. The van der Waals surface area contributed by atoms with Gasteiger partial charge in [-0.1, -0.05) is 6.07 Å². The van der Waals surface area contributed by atoms with Crippen LogP contribution in [0, 0.1) is 11.3 Å². The number of hydrogen-bond acceptors (Lipinski definition) is 5. The van der Waals surface area contributed by atoms with Crippen LogP contribution in [0.15, 0.2) is 23.9 Å². The summed E-state index contributed by atoms with van der Waals surface area (Å²) < 4.78 is 45.3. The maximum atomic E-state index is 13.2. The second-order valence-electron chi connectivity index (χ2n) is 7.24. The van der Waals surface area contributed by atoms with Crippen molar-refractivity contribution in [2.45, 2.75) is 57.9 Å². The van der Waals surface area contributed by atoms with Gasteiger partial charge in [0.2, 0.25) is 0 Å². The third kappa shape index (κ3) is 5.75. The minimum atomic E-state index is -4.58. The molecule has 2 rings (SSSR count). The molecule has 1 fully saturated rings. The van der Waals surface area contributed by atoms with Crippen LogP contribution in [0.1, 0.15) is 44.7 Å².